The Hall–Kier alpha value is -1.73. The molecular weight excluding hydrogens is 290 g/mol. The average molecular weight is 311 g/mol. The van der Waals surface area contributed by atoms with Gasteiger partial charge in [0.05, 0.1) is 17.6 Å². The zero-order valence-corrected chi connectivity index (χ0v) is 13.3. The molecule has 0 saturated carbocycles. The van der Waals surface area contributed by atoms with Crippen LogP contribution in [0, 0.1) is 10.1 Å². The van der Waals surface area contributed by atoms with E-state index in [-0.39, 0.29) is 29.0 Å². The van der Waals surface area contributed by atoms with Crippen molar-refractivity contribution < 1.29 is 10.0 Å². The maximum Gasteiger partial charge on any atom is 0.269 e. The SMILES string of the molecule is CC(C)(C)N(C(N)=S)[C@@H](CO)Cc1cccc([N+](=O)[O-])c1. The number of benzene rings is 1. The van der Waals surface area contributed by atoms with Crippen molar-refractivity contribution in [3.63, 3.8) is 0 Å². The van der Waals surface area contributed by atoms with E-state index in [4.69, 9.17) is 18.0 Å². The molecule has 0 aliphatic carbocycles. The summed E-state index contributed by atoms with van der Waals surface area (Å²) in [6, 6.07) is 6.03. The Morgan fingerprint density at radius 1 is 1.52 bits per heavy atom. The Labute approximate surface area is 129 Å². The number of hydrogen-bond donors (Lipinski definition) is 2. The maximum absolute atomic E-state index is 10.8. The van der Waals surface area contributed by atoms with Gasteiger partial charge in [-0.25, -0.2) is 0 Å². The normalized spacial score (nSPS) is 12.8. The fourth-order valence-corrected chi connectivity index (χ4v) is 2.79. The van der Waals surface area contributed by atoms with Gasteiger partial charge in [-0.2, -0.15) is 0 Å². The van der Waals surface area contributed by atoms with Crippen LogP contribution in [0.5, 0.6) is 0 Å². The van der Waals surface area contributed by atoms with Crippen molar-refractivity contribution >= 4 is 23.0 Å². The standard InChI is InChI=1S/C14H21N3O3S/c1-14(2,3)16(13(15)21)12(9-18)8-10-5-4-6-11(7-10)17(19)20/h4-7,12,18H,8-9H2,1-3H3,(H2,15,21)/t12-/m1/s1. The Kier molecular flexibility index (Phi) is 5.62. The second-order valence-electron chi connectivity index (χ2n) is 5.85. The fraction of sp³-hybridized carbons (Fsp3) is 0.500. The molecule has 0 heterocycles. The smallest absolute Gasteiger partial charge is 0.269 e. The third kappa shape index (κ3) is 4.64. The molecule has 0 unspecified atom stereocenters. The second-order valence-corrected chi connectivity index (χ2v) is 6.26. The number of nitro benzene ring substituents is 1. The molecule has 1 aromatic rings. The Morgan fingerprint density at radius 2 is 2.14 bits per heavy atom. The number of nitrogens with two attached hydrogens (primary N) is 1. The van der Waals surface area contributed by atoms with E-state index in [0.717, 1.165) is 5.56 Å². The van der Waals surface area contributed by atoms with Crippen LogP contribution in [-0.4, -0.2) is 38.2 Å². The molecule has 0 aliphatic heterocycles. The Morgan fingerprint density at radius 3 is 2.57 bits per heavy atom. The molecule has 0 aromatic heterocycles. The molecule has 0 amide bonds. The third-order valence-corrected chi connectivity index (χ3v) is 3.33. The van der Waals surface area contributed by atoms with Gasteiger partial charge in [0, 0.05) is 17.7 Å². The lowest BCUT2D eigenvalue weighted by Gasteiger charge is -2.41. The van der Waals surface area contributed by atoms with Gasteiger partial charge in [0.2, 0.25) is 0 Å². The minimum absolute atomic E-state index is 0.0295. The summed E-state index contributed by atoms with van der Waals surface area (Å²) in [5.74, 6) is 0. The topological polar surface area (TPSA) is 92.6 Å². The molecule has 0 aliphatic rings. The number of aliphatic hydroxyl groups excluding tert-OH is 1. The van der Waals surface area contributed by atoms with Gasteiger partial charge in [-0.15, -0.1) is 0 Å². The van der Waals surface area contributed by atoms with Crippen LogP contribution in [-0.2, 0) is 6.42 Å². The highest BCUT2D eigenvalue weighted by Gasteiger charge is 2.29. The highest BCUT2D eigenvalue weighted by atomic mass is 32.1. The van der Waals surface area contributed by atoms with E-state index < -0.39 is 4.92 Å². The lowest BCUT2D eigenvalue weighted by Crippen LogP contribution is -2.55. The quantitative estimate of drug-likeness (QED) is 0.490. The Balaban J connectivity index is 3.03. The predicted molar refractivity (Wildman–Crippen MR) is 86.1 cm³/mol. The van der Waals surface area contributed by atoms with E-state index in [2.05, 4.69) is 0 Å². The van der Waals surface area contributed by atoms with Gasteiger partial charge in [-0.1, -0.05) is 12.1 Å². The van der Waals surface area contributed by atoms with Crippen molar-refractivity contribution in [1.82, 2.24) is 4.90 Å². The lowest BCUT2D eigenvalue weighted by atomic mass is 9.98. The summed E-state index contributed by atoms with van der Waals surface area (Å²) >= 11 is 5.08. The summed E-state index contributed by atoms with van der Waals surface area (Å²) < 4.78 is 0. The van der Waals surface area contributed by atoms with Crippen LogP contribution in [0.3, 0.4) is 0 Å². The molecule has 6 nitrogen and oxygen atoms in total. The molecule has 0 bridgehead atoms. The van der Waals surface area contributed by atoms with Crippen LogP contribution in [0.4, 0.5) is 5.69 Å². The summed E-state index contributed by atoms with van der Waals surface area (Å²) in [5.41, 5.74) is 6.21. The van der Waals surface area contributed by atoms with Gasteiger partial charge in [-0.05, 0) is 45.0 Å². The van der Waals surface area contributed by atoms with Crippen molar-refractivity contribution in [1.29, 1.82) is 0 Å². The average Bonchev–Trinajstić information content (AvgIpc) is 2.36. The largest absolute Gasteiger partial charge is 0.394 e. The second kappa shape index (κ2) is 6.82. The van der Waals surface area contributed by atoms with E-state index in [1.165, 1.54) is 12.1 Å². The van der Waals surface area contributed by atoms with Crippen molar-refractivity contribution in [2.75, 3.05) is 6.61 Å². The maximum atomic E-state index is 10.8. The molecule has 3 N–H and O–H groups in total. The first-order valence-corrected chi connectivity index (χ1v) is 7.00. The monoisotopic (exact) mass is 311 g/mol. The third-order valence-electron chi connectivity index (χ3n) is 3.13. The highest BCUT2D eigenvalue weighted by molar-refractivity contribution is 7.80. The zero-order chi connectivity index (χ0) is 16.2. The lowest BCUT2D eigenvalue weighted by molar-refractivity contribution is -0.384. The van der Waals surface area contributed by atoms with Crippen molar-refractivity contribution in [2.24, 2.45) is 5.73 Å². The van der Waals surface area contributed by atoms with Gasteiger partial charge in [0.25, 0.3) is 5.69 Å². The summed E-state index contributed by atoms with van der Waals surface area (Å²) in [6.07, 6.45) is 0.423. The number of hydrogen-bond acceptors (Lipinski definition) is 4. The van der Waals surface area contributed by atoms with Gasteiger partial charge in [0.1, 0.15) is 0 Å². The molecule has 0 radical (unpaired) electrons. The van der Waals surface area contributed by atoms with E-state index >= 15 is 0 Å². The number of thiocarbonyl (C=S) groups is 1. The molecule has 1 atom stereocenters. The molecule has 0 spiro atoms. The van der Waals surface area contributed by atoms with Crippen LogP contribution in [0.2, 0.25) is 0 Å². The summed E-state index contributed by atoms with van der Waals surface area (Å²) in [6.45, 7) is 5.70. The molecule has 116 valence electrons. The molecule has 21 heavy (non-hydrogen) atoms. The van der Waals surface area contributed by atoms with E-state index in [1.54, 1.807) is 17.0 Å². The minimum atomic E-state index is -0.438. The first-order valence-electron chi connectivity index (χ1n) is 6.59. The zero-order valence-electron chi connectivity index (χ0n) is 12.4. The van der Waals surface area contributed by atoms with Crippen molar-refractivity contribution in [3.05, 3.63) is 39.9 Å². The van der Waals surface area contributed by atoms with Crippen molar-refractivity contribution in [3.8, 4) is 0 Å². The van der Waals surface area contributed by atoms with Gasteiger partial charge in [0.15, 0.2) is 5.11 Å². The predicted octanol–water partition coefficient (Wildman–Crippen LogP) is 1.84. The summed E-state index contributed by atoms with van der Waals surface area (Å²) in [4.78, 5) is 12.1. The van der Waals surface area contributed by atoms with Crippen LogP contribution < -0.4 is 5.73 Å². The van der Waals surface area contributed by atoms with Crippen LogP contribution in [0.15, 0.2) is 24.3 Å². The van der Waals surface area contributed by atoms with Gasteiger partial charge in [-0.3, -0.25) is 10.1 Å². The minimum Gasteiger partial charge on any atom is -0.394 e. The Bertz CT molecular complexity index is 528. The van der Waals surface area contributed by atoms with E-state index in [9.17, 15) is 15.2 Å². The molecular formula is C14H21N3O3S. The van der Waals surface area contributed by atoms with E-state index in [0.29, 0.717) is 6.42 Å². The van der Waals surface area contributed by atoms with Gasteiger partial charge >= 0.3 is 0 Å². The molecule has 0 saturated heterocycles. The number of nitrogens with zero attached hydrogens (tertiary/aromatic N) is 2. The first kappa shape index (κ1) is 17.3. The van der Waals surface area contributed by atoms with Crippen molar-refractivity contribution in [2.45, 2.75) is 38.8 Å². The highest BCUT2D eigenvalue weighted by Crippen LogP contribution is 2.21. The first-order chi connectivity index (χ1) is 9.66. The van der Waals surface area contributed by atoms with Crippen LogP contribution >= 0.6 is 12.2 Å². The molecule has 1 rings (SSSR count). The van der Waals surface area contributed by atoms with Crippen LogP contribution in [0.1, 0.15) is 26.3 Å². The summed E-state index contributed by atoms with van der Waals surface area (Å²) in [7, 11) is 0. The molecule has 0 fully saturated rings. The fourth-order valence-electron chi connectivity index (χ4n) is 2.36. The van der Waals surface area contributed by atoms with E-state index in [1.807, 2.05) is 20.8 Å². The number of aliphatic hydroxyl groups is 1. The molecule has 7 heteroatoms. The molecule has 1 aromatic carbocycles. The number of non-ortho nitro benzene ring substituents is 1. The van der Waals surface area contributed by atoms with Crippen LogP contribution in [0.25, 0.3) is 0 Å². The summed E-state index contributed by atoms with van der Waals surface area (Å²) in [5, 5.41) is 20.7. The number of rotatable bonds is 5. The number of nitro groups is 1. The van der Waals surface area contributed by atoms with Gasteiger partial charge < -0.3 is 15.7 Å².